The highest BCUT2D eigenvalue weighted by Gasteiger charge is 2.40. The first kappa shape index (κ1) is 11.6. The smallest absolute Gasteiger partial charge is 0.270 e. The molecule has 0 radical (unpaired) electrons. The van der Waals surface area contributed by atoms with Crippen LogP contribution in [-0.4, -0.2) is 47.9 Å². The summed E-state index contributed by atoms with van der Waals surface area (Å²) in [5.41, 5.74) is 6.72. The van der Waals surface area contributed by atoms with Crippen LogP contribution in [0.15, 0.2) is 12.3 Å². The fourth-order valence-electron chi connectivity index (χ4n) is 2.54. The van der Waals surface area contributed by atoms with Gasteiger partial charge < -0.3 is 25.1 Å². The predicted molar refractivity (Wildman–Crippen MR) is 65.0 cm³/mol. The van der Waals surface area contributed by atoms with E-state index in [1.807, 2.05) is 4.90 Å². The highest BCUT2D eigenvalue weighted by atomic mass is 16.7. The Balaban J connectivity index is 1.64. The second-order valence-electron chi connectivity index (χ2n) is 4.75. The van der Waals surface area contributed by atoms with Gasteiger partial charge in [-0.2, -0.15) is 0 Å². The van der Waals surface area contributed by atoms with Crippen LogP contribution in [0.1, 0.15) is 23.3 Å². The molecule has 1 aromatic rings. The lowest BCUT2D eigenvalue weighted by Gasteiger charge is -2.37. The molecule has 0 atom stereocenters. The monoisotopic (exact) mass is 251 g/mol. The summed E-state index contributed by atoms with van der Waals surface area (Å²) in [6.07, 6.45) is 3.09. The third-order valence-electron chi connectivity index (χ3n) is 3.56. The van der Waals surface area contributed by atoms with Crippen LogP contribution < -0.4 is 5.73 Å². The average Bonchev–Trinajstić information content (AvgIpc) is 3.00. The lowest BCUT2D eigenvalue weighted by molar-refractivity contribution is -0.181. The maximum Gasteiger partial charge on any atom is 0.270 e. The summed E-state index contributed by atoms with van der Waals surface area (Å²) in [7, 11) is 0. The molecule has 0 bridgehead atoms. The van der Waals surface area contributed by atoms with Crippen molar-refractivity contribution in [2.75, 3.05) is 32.0 Å². The Labute approximate surface area is 105 Å². The van der Waals surface area contributed by atoms with E-state index in [0.29, 0.717) is 37.7 Å². The van der Waals surface area contributed by atoms with Gasteiger partial charge in [-0.05, 0) is 6.07 Å². The number of carbonyl (C=O) groups excluding carboxylic acids is 1. The van der Waals surface area contributed by atoms with Gasteiger partial charge in [0.1, 0.15) is 5.69 Å². The normalized spacial score (nSPS) is 22.6. The third-order valence-corrected chi connectivity index (χ3v) is 3.56. The molecular formula is C12H17N3O3. The van der Waals surface area contributed by atoms with Gasteiger partial charge >= 0.3 is 0 Å². The number of likely N-dealkylation sites (tertiary alicyclic amines) is 1. The van der Waals surface area contributed by atoms with Crippen LogP contribution >= 0.6 is 0 Å². The zero-order valence-corrected chi connectivity index (χ0v) is 10.1. The van der Waals surface area contributed by atoms with Crippen LogP contribution in [0.25, 0.3) is 0 Å². The Morgan fingerprint density at radius 2 is 2.00 bits per heavy atom. The number of rotatable bonds is 1. The fraction of sp³-hybridized carbons (Fsp3) is 0.583. The number of carbonyl (C=O) groups is 1. The quantitative estimate of drug-likeness (QED) is 0.765. The van der Waals surface area contributed by atoms with Crippen LogP contribution in [0.4, 0.5) is 5.69 Å². The molecule has 2 saturated heterocycles. The summed E-state index contributed by atoms with van der Waals surface area (Å²) in [4.78, 5) is 16.9. The summed E-state index contributed by atoms with van der Waals surface area (Å²) in [6, 6.07) is 1.66. The van der Waals surface area contributed by atoms with Crippen LogP contribution in [0.5, 0.6) is 0 Å². The molecule has 3 heterocycles. The van der Waals surface area contributed by atoms with Gasteiger partial charge in [0.15, 0.2) is 5.79 Å². The van der Waals surface area contributed by atoms with Gasteiger partial charge in [0, 0.05) is 37.8 Å². The molecule has 18 heavy (non-hydrogen) atoms. The minimum absolute atomic E-state index is 0.0143. The van der Waals surface area contributed by atoms with Crippen LogP contribution in [0.2, 0.25) is 0 Å². The molecule has 6 nitrogen and oxygen atoms in total. The van der Waals surface area contributed by atoms with Crippen LogP contribution in [0.3, 0.4) is 0 Å². The second kappa shape index (κ2) is 4.29. The molecule has 6 heteroatoms. The van der Waals surface area contributed by atoms with E-state index in [0.717, 1.165) is 12.8 Å². The average molecular weight is 251 g/mol. The number of anilines is 1. The van der Waals surface area contributed by atoms with E-state index in [1.165, 1.54) is 0 Å². The first-order chi connectivity index (χ1) is 8.69. The van der Waals surface area contributed by atoms with E-state index >= 15 is 0 Å². The van der Waals surface area contributed by atoms with E-state index < -0.39 is 5.79 Å². The number of nitrogens with two attached hydrogens (primary N) is 1. The highest BCUT2D eigenvalue weighted by molar-refractivity contribution is 5.93. The third kappa shape index (κ3) is 1.97. The van der Waals surface area contributed by atoms with Crippen LogP contribution in [-0.2, 0) is 9.47 Å². The number of nitrogens with one attached hydrogen (secondary N) is 1. The molecule has 0 unspecified atom stereocenters. The molecule has 1 spiro atoms. The first-order valence-electron chi connectivity index (χ1n) is 6.20. The summed E-state index contributed by atoms with van der Waals surface area (Å²) < 4.78 is 11.3. The number of amides is 1. The van der Waals surface area contributed by atoms with Crippen molar-refractivity contribution < 1.29 is 14.3 Å². The Morgan fingerprint density at radius 3 is 2.56 bits per heavy atom. The molecule has 2 aliphatic rings. The lowest BCUT2D eigenvalue weighted by Crippen LogP contribution is -2.47. The number of aromatic amines is 1. The Bertz CT molecular complexity index is 441. The van der Waals surface area contributed by atoms with E-state index in [1.54, 1.807) is 12.3 Å². The van der Waals surface area contributed by atoms with Crippen molar-refractivity contribution in [3.63, 3.8) is 0 Å². The van der Waals surface area contributed by atoms with E-state index in [-0.39, 0.29) is 5.91 Å². The largest absolute Gasteiger partial charge is 0.397 e. The standard InChI is InChI=1S/C12H17N3O3/c13-9-7-10(14-8-9)11(16)15-3-1-12(2-4-15)17-5-6-18-12/h7-8,14H,1-6,13H2. The highest BCUT2D eigenvalue weighted by Crippen LogP contribution is 2.31. The van der Waals surface area contributed by atoms with Crippen molar-refractivity contribution in [3.05, 3.63) is 18.0 Å². The Morgan fingerprint density at radius 1 is 1.33 bits per heavy atom. The van der Waals surface area contributed by atoms with Crippen molar-refractivity contribution >= 4 is 11.6 Å². The maximum atomic E-state index is 12.2. The maximum absolute atomic E-state index is 12.2. The van der Waals surface area contributed by atoms with Gasteiger partial charge in [-0.25, -0.2) is 0 Å². The number of nitrogen functional groups attached to an aromatic ring is 1. The van der Waals surface area contributed by atoms with Crippen LogP contribution in [0, 0.1) is 0 Å². The zero-order chi connectivity index (χ0) is 12.6. The van der Waals surface area contributed by atoms with Gasteiger partial charge in [0.05, 0.1) is 13.2 Å². The molecule has 1 aromatic heterocycles. The van der Waals surface area contributed by atoms with Gasteiger partial charge in [0.25, 0.3) is 5.91 Å². The molecule has 2 aliphatic heterocycles. The van der Waals surface area contributed by atoms with E-state index in [2.05, 4.69) is 4.98 Å². The molecule has 0 aliphatic carbocycles. The fourth-order valence-corrected chi connectivity index (χ4v) is 2.54. The number of aromatic nitrogens is 1. The van der Waals surface area contributed by atoms with Gasteiger partial charge in [-0.3, -0.25) is 4.79 Å². The van der Waals surface area contributed by atoms with Crippen molar-refractivity contribution in [2.24, 2.45) is 0 Å². The minimum Gasteiger partial charge on any atom is -0.397 e. The molecule has 3 N–H and O–H groups in total. The molecule has 0 aromatic carbocycles. The molecule has 1 amide bonds. The zero-order valence-electron chi connectivity index (χ0n) is 10.1. The van der Waals surface area contributed by atoms with Crippen molar-refractivity contribution in [2.45, 2.75) is 18.6 Å². The Kier molecular flexibility index (Phi) is 2.76. The first-order valence-corrected chi connectivity index (χ1v) is 6.20. The van der Waals surface area contributed by atoms with Crippen molar-refractivity contribution in [1.82, 2.24) is 9.88 Å². The number of hydrogen-bond donors (Lipinski definition) is 2. The summed E-state index contributed by atoms with van der Waals surface area (Å²) in [6.45, 7) is 2.61. The summed E-state index contributed by atoms with van der Waals surface area (Å²) in [5.74, 6) is -0.453. The number of nitrogens with zero attached hydrogens (tertiary/aromatic N) is 1. The van der Waals surface area contributed by atoms with E-state index in [4.69, 9.17) is 15.2 Å². The number of piperidine rings is 1. The topological polar surface area (TPSA) is 80.6 Å². The molecule has 0 saturated carbocycles. The van der Waals surface area contributed by atoms with Crippen molar-refractivity contribution in [3.8, 4) is 0 Å². The summed E-state index contributed by atoms with van der Waals surface area (Å²) >= 11 is 0. The number of H-pyrrole nitrogens is 1. The van der Waals surface area contributed by atoms with Gasteiger partial charge in [-0.1, -0.05) is 0 Å². The molecule has 2 fully saturated rings. The predicted octanol–water partition coefficient (Wildman–Crippen LogP) is 0.576. The molecule has 3 rings (SSSR count). The summed E-state index contributed by atoms with van der Waals surface area (Å²) in [5, 5.41) is 0. The Hall–Kier alpha value is -1.53. The van der Waals surface area contributed by atoms with Crippen molar-refractivity contribution in [1.29, 1.82) is 0 Å². The minimum atomic E-state index is -0.439. The number of ether oxygens (including phenoxy) is 2. The van der Waals surface area contributed by atoms with E-state index in [9.17, 15) is 4.79 Å². The second-order valence-corrected chi connectivity index (χ2v) is 4.75. The lowest BCUT2D eigenvalue weighted by atomic mass is 10.0. The van der Waals surface area contributed by atoms with Gasteiger partial charge in [-0.15, -0.1) is 0 Å². The molecule has 98 valence electrons. The SMILES string of the molecule is Nc1c[nH]c(C(=O)N2CCC3(CC2)OCCO3)c1. The molecular weight excluding hydrogens is 234 g/mol. The number of hydrogen-bond acceptors (Lipinski definition) is 4. The van der Waals surface area contributed by atoms with Gasteiger partial charge in [0.2, 0.25) is 0 Å².